The van der Waals surface area contributed by atoms with Crippen LogP contribution in [-0.4, -0.2) is 34.9 Å². The molecule has 7 heteroatoms. The third kappa shape index (κ3) is 6.26. The molecule has 7 nitrogen and oxygen atoms in total. The minimum Gasteiger partial charge on any atom is -0.346 e. The number of nitrogens with one attached hydrogen (secondary N) is 2. The summed E-state index contributed by atoms with van der Waals surface area (Å²) < 4.78 is 0. The van der Waals surface area contributed by atoms with Crippen molar-refractivity contribution in [3.63, 3.8) is 0 Å². The van der Waals surface area contributed by atoms with Gasteiger partial charge in [0.05, 0.1) is 12.2 Å². The first kappa shape index (κ1) is 23.6. The number of benzene rings is 1. The Bertz CT molecular complexity index is 1090. The summed E-state index contributed by atoms with van der Waals surface area (Å²) in [5, 5.41) is 6.43. The van der Waals surface area contributed by atoms with Crippen LogP contribution in [0.15, 0.2) is 67.1 Å². The number of hydrogen-bond donors (Lipinski definition) is 2. The lowest BCUT2D eigenvalue weighted by molar-refractivity contribution is 0.0949. The zero-order valence-corrected chi connectivity index (χ0v) is 19.4. The highest BCUT2D eigenvalue weighted by Crippen LogP contribution is 2.26. The van der Waals surface area contributed by atoms with Gasteiger partial charge in [-0.2, -0.15) is 0 Å². The van der Waals surface area contributed by atoms with Crippen LogP contribution in [0, 0.1) is 0 Å². The quantitative estimate of drug-likeness (QED) is 0.616. The van der Waals surface area contributed by atoms with Crippen molar-refractivity contribution < 1.29 is 9.59 Å². The average Bonchev–Trinajstić information content (AvgIpc) is 2.88. The van der Waals surface area contributed by atoms with Gasteiger partial charge < -0.3 is 15.5 Å². The third-order valence-corrected chi connectivity index (χ3v) is 6.01. The standard InChI is InChI=1S/C27H31N5O2/c33-26(31-20-24-8-4-6-14-30-24)22-9-10-25-23(18-22)19-29-13-5-2-1-3-7-17-32(25)27(34)21-11-15-28-16-12-21/h4,6,8-12,14-16,18,29H,1-3,5,7,13,17,19-20H2,(H,31,33). The molecule has 0 unspecified atom stereocenters. The number of hydrogen-bond acceptors (Lipinski definition) is 5. The fourth-order valence-electron chi connectivity index (χ4n) is 4.16. The molecule has 0 saturated heterocycles. The summed E-state index contributed by atoms with van der Waals surface area (Å²) in [5.41, 5.74) is 3.76. The summed E-state index contributed by atoms with van der Waals surface area (Å²) in [6.45, 7) is 2.51. The molecule has 0 fully saturated rings. The fraction of sp³-hybridized carbons (Fsp3) is 0.333. The van der Waals surface area contributed by atoms with E-state index in [1.165, 1.54) is 12.8 Å². The minimum absolute atomic E-state index is 0.0481. The predicted molar refractivity (Wildman–Crippen MR) is 133 cm³/mol. The van der Waals surface area contributed by atoms with Crippen LogP contribution in [0.5, 0.6) is 0 Å². The Balaban J connectivity index is 1.60. The lowest BCUT2D eigenvalue weighted by Crippen LogP contribution is -2.34. The van der Waals surface area contributed by atoms with Crippen molar-refractivity contribution in [3.8, 4) is 0 Å². The molecule has 2 N–H and O–H groups in total. The van der Waals surface area contributed by atoms with Crippen LogP contribution < -0.4 is 15.5 Å². The zero-order chi connectivity index (χ0) is 23.6. The molecule has 0 spiro atoms. The molecular weight excluding hydrogens is 426 g/mol. The van der Waals surface area contributed by atoms with Crippen LogP contribution in [0.25, 0.3) is 0 Å². The van der Waals surface area contributed by atoms with Crippen molar-refractivity contribution >= 4 is 17.5 Å². The number of amides is 2. The number of carbonyl (C=O) groups is 2. The SMILES string of the molecule is O=C(NCc1ccccn1)c1ccc2c(c1)CNCCCCCCCN2C(=O)c1ccncc1. The van der Waals surface area contributed by atoms with E-state index in [1.54, 1.807) is 36.8 Å². The van der Waals surface area contributed by atoms with Gasteiger partial charge in [0.2, 0.25) is 0 Å². The summed E-state index contributed by atoms with van der Waals surface area (Å²) in [4.78, 5) is 36.5. The van der Waals surface area contributed by atoms with E-state index in [0.717, 1.165) is 42.8 Å². The molecule has 1 aliphatic heterocycles. The van der Waals surface area contributed by atoms with Gasteiger partial charge in [0.15, 0.2) is 0 Å². The monoisotopic (exact) mass is 457 g/mol. The van der Waals surface area contributed by atoms with Crippen molar-refractivity contribution in [2.45, 2.75) is 45.2 Å². The highest BCUT2D eigenvalue weighted by atomic mass is 16.2. The summed E-state index contributed by atoms with van der Waals surface area (Å²) in [6, 6.07) is 14.7. The van der Waals surface area contributed by atoms with Crippen molar-refractivity contribution in [3.05, 3.63) is 89.5 Å². The second kappa shape index (κ2) is 12.0. The van der Waals surface area contributed by atoms with Gasteiger partial charge in [-0.3, -0.25) is 19.6 Å². The molecule has 34 heavy (non-hydrogen) atoms. The Labute approximate surface area is 200 Å². The highest BCUT2D eigenvalue weighted by Gasteiger charge is 2.21. The molecule has 0 bridgehead atoms. The van der Waals surface area contributed by atoms with Gasteiger partial charge in [-0.05, 0) is 67.4 Å². The Morgan fingerprint density at radius 3 is 2.56 bits per heavy atom. The van der Waals surface area contributed by atoms with Crippen molar-refractivity contribution in [1.29, 1.82) is 0 Å². The van der Waals surface area contributed by atoms with E-state index in [-0.39, 0.29) is 11.8 Å². The van der Waals surface area contributed by atoms with E-state index in [9.17, 15) is 9.59 Å². The molecule has 0 saturated carbocycles. The minimum atomic E-state index is -0.161. The molecule has 0 atom stereocenters. The lowest BCUT2D eigenvalue weighted by Gasteiger charge is -2.27. The van der Waals surface area contributed by atoms with E-state index in [0.29, 0.717) is 30.8 Å². The fourth-order valence-corrected chi connectivity index (χ4v) is 4.16. The summed E-state index contributed by atoms with van der Waals surface area (Å²) in [7, 11) is 0. The summed E-state index contributed by atoms with van der Waals surface area (Å²) in [6.07, 6.45) is 10.5. The number of rotatable bonds is 4. The van der Waals surface area contributed by atoms with Crippen LogP contribution in [0.3, 0.4) is 0 Å². The first-order valence-electron chi connectivity index (χ1n) is 12.0. The number of nitrogens with zero attached hydrogens (tertiary/aromatic N) is 3. The topological polar surface area (TPSA) is 87.2 Å². The number of aromatic nitrogens is 2. The van der Waals surface area contributed by atoms with Crippen LogP contribution in [0.2, 0.25) is 0 Å². The van der Waals surface area contributed by atoms with E-state index >= 15 is 0 Å². The molecule has 2 amide bonds. The molecule has 0 aliphatic carbocycles. The first-order valence-corrected chi connectivity index (χ1v) is 12.0. The van der Waals surface area contributed by atoms with Crippen LogP contribution in [0.4, 0.5) is 5.69 Å². The van der Waals surface area contributed by atoms with E-state index in [1.807, 2.05) is 35.2 Å². The number of anilines is 1. The molecule has 176 valence electrons. The van der Waals surface area contributed by atoms with Crippen LogP contribution in [0.1, 0.15) is 64.1 Å². The number of pyridine rings is 2. The molecule has 1 aromatic carbocycles. The molecule has 2 aromatic heterocycles. The second-order valence-electron chi connectivity index (χ2n) is 8.48. The normalized spacial score (nSPS) is 14.9. The van der Waals surface area contributed by atoms with Gasteiger partial charge in [-0.15, -0.1) is 0 Å². The van der Waals surface area contributed by atoms with E-state index in [2.05, 4.69) is 20.6 Å². The van der Waals surface area contributed by atoms with Crippen molar-refractivity contribution in [2.24, 2.45) is 0 Å². The molecule has 3 aromatic rings. The second-order valence-corrected chi connectivity index (χ2v) is 8.48. The summed E-state index contributed by atoms with van der Waals surface area (Å²) >= 11 is 0. The smallest absolute Gasteiger partial charge is 0.258 e. The Morgan fingerprint density at radius 2 is 1.74 bits per heavy atom. The van der Waals surface area contributed by atoms with Crippen LogP contribution >= 0.6 is 0 Å². The van der Waals surface area contributed by atoms with E-state index in [4.69, 9.17) is 0 Å². The molecule has 0 radical (unpaired) electrons. The maximum atomic E-state index is 13.4. The summed E-state index contributed by atoms with van der Waals surface area (Å²) in [5.74, 6) is -0.209. The maximum Gasteiger partial charge on any atom is 0.258 e. The number of carbonyl (C=O) groups excluding carboxylic acids is 2. The van der Waals surface area contributed by atoms with Gasteiger partial charge in [0.25, 0.3) is 11.8 Å². The Hall–Kier alpha value is -3.58. The van der Waals surface area contributed by atoms with Gasteiger partial charge in [-0.25, -0.2) is 0 Å². The molecule has 4 rings (SSSR count). The molecule has 3 heterocycles. The van der Waals surface area contributed by atoms with Crippen LogP contribution in [-0.2, 0) is 13.1 Å². The zero-order valence-electron chi connectivity index (χ0n) is 19.4. The Kier molecular flexibility index (Phi) is 8.35. The lowest BCUT2D eigenvalue weighted by atomic mass is 10.0. The largest absolute Gasteiger partial charge is 0.346 e. The van der Waals surface area contributed by atoms with Crippen molar-refractivity contribution in [1.82, 2.24) is 20.6 Å². The Morgan fingerprint density at radius 1 is 0.912 bits per heavy atom. The predicted octanol–water partition coefficient (Wildman–Crippen LogP) is 4.11. The van der Waals surface area contributed by atoms with Gasteiger partial charge in [-0.1, -0.05) is 25.3 Å². The van der Waals surface area contributed by atoms with Gasteiger partial charge in [0, 0.05) is 48.5 Å². The number of fused-ring (bicyclic) bond motifs is 1. The highest BCUT2D eigenvalue weighted by molar-refractivity contribution is 6.06. The molecule has 1 aliphatic rings. The average molecular weight is 458 g/mol. The van der Waals surface area contributed by atoms with E-state index < -0.39 is 0 Å². The maximum absolute atomic E-state index is 13.4. The third-order valence-electron chi connectivity index (χ3n) is 6.01. The van der Waals surface area contributed by atoms with Gasteiger partial charge >= 0.3 is 0 Å². The van der Waals surface area contributed by atoms with Crippen molar-refractivity contribution in [2.75, 3.05) is 18.0 Å². The molecular formula is C27H31N5O2. The van der Waals surface area contributed by atoms with Gasteiger partial charge in [0.1, 0.15) is 0 Å². The first-order chi connectivity index (χ1) is 16.7.